The first-order valence-corrected chi connectivity index (χ1v) is 9.64. The topological polar surface area (TPSA) is 75.2 Å². The normalized spacial score (nSPS) is 18.3. The molecule has 1 atom stereocenters. The number of anilines is 1. The van der Waals surface area contributed by atoms with Crippen molar-refractivity contribution in [3.63, 3.8) is 0 Å². The van der Waals surface area contributed by atoms with Crippen LogP contribution in [0.15, 0.2) is 0 Å². The smallest absolute Gasteiger partial charge is 0.229 e. The third-order valence-corrected chi connectivity index (χ3v) is 5.42. The Morgan fingerprint density at radius 1 is 1.50 bits per heavy atom. The van der Waals surface area contributed by atoms with Crippen LogP contribution in [0.1, 0.15) is 37.6 Å². The molecule has 0 saturated carbocycles. The average molecular weight is 342 g/mol. The summed E-state index contributed by atoms with van der Waals surface area (Å²) in [4.78, 5) is 25.8. The Morgan fingerprint density at radius 3 is 2.91 bits per heavy atom. The molecule has 0 radical (unpaired) electrons. The van der Waals surface area contributed by atoms with Crippen LogP contribution in [0.3, 0.4) is 0 Å². The molecule has 2 heterocycles. The van der Waals surface area contributed by atoms with Gasteiger partial charge in [-0.15, -0.1) is 10.2 Å². The van der Waals surface area contributed by atoms with Crippen LogP contribution < -0.4 is 10.2 Å². The van der Waals surface area contributed by atoms with E-state index < -0.39 is 0 Å². The number of thioether (sulfide) groups is 1. The number of carbonyl (C=O) groups is 2. The number of hydrogen-bond donors (Lipinski definition) is 1. The molecular weight excluding hydrogens is 320 g/mol. The minimum absolute atomic E-state index is 0.0365. The summed E-state index contributed by atoms with van der Waals surface area (Å²) < 4.78 is 0. The van der Waals surface area contributed by atoms with Crippen molar-refractivity contribution in [1.29, 1.82) is 0 Å². The van der Waals surface area contributed by atoms with Gasteiger partial charge in [-0.05, 0) is 18.4 Å². The molecule has 1 saturated heterocycles. The summed E-state index contributed by atoms with van der Waals surface area (Å²) in [5, 5.41) is 12.6. The van der Waals surface area contributed by atoms with E-state index in [2.05, 4.69) is 15.5 Å². The van der Waals surface area contributed by atoms with Gasteiger partial charge in [0, 0.05) is 25.4 Å². The highest BCUT2D eigenvalue weighted by atomic mass is 32.2. The van der Waals surface area contributed by atoms with Crippen molar-refractivity contribution < 1.29 is 9.59 Å². The fraction of sp³-hybridized carbons (Fsp3) is 0.714. The van der Waals surface area contributed by atoms with Gasteiger partial charge < -0.3 is 5.32 Å². The molecule has 1 fully saturated rings. The summed E-state index contributed by atoms with van der Waals surface area (Å²) in [7, 11) is 0. The minimum atomic E-state index is -0.284. The highest BCUT2D eigenvalue weighted by Gasteiger charge is 2.36. The summed E-state index contributed by atoms with van der Waals surface area (Å²) in [6, 6.07) is 0. The lowest BCUT2D eigenvalue weighted by molar-refractivity contribution is -0.126. The van der Waals surface area contributed by atoms with Crippen molar-refractivity contribution in [2.24, 2.45) is 5.92 Å². The van der Waals surface area contributed by atoms with E-state index in [4.69, 9.17) is 0 Å². The maximum atomic E-state index is 12.1. The van der Waals surface area contributed by atoms with Gasteiger partial charge in [0.2, 0.25) is 16.9 Å². The molecule has 6 nitrogen and oxygen atoms in total. The van der Waals surface area contributed by atoms with Gasteiger partial charge in [0.05, 0.1) is 5.92 Å². The maximum Gasteiger partial charge on any atom is 0.229 e. The van der Waals surface area contributed by atoms with Crippen molar-refractivity contribution in [1.82, 2.24) is 15.5 Å². The second-order valence-electron chi connectivity index (χ2n) is 5.62. The van der Waals surface area contributed by atoms with Crippen molar-refractivity contribution in [2.45, 2.75) is 32.6 Å². The fourth-order valence-electron chi connectivity index (χ4n) is 2.21. The summed E-state index contributed by atoms with van der Waals surface area (Å²) in [5.74, 6) is 0.951. The quantitative estimate of drug-likeness (QED) is 0.766. The zero-order chi connectivity index (χ0) is 16.1. The number of nitrogens with zero attached hydrogens (tertiary/aromatic N) is 3. The molecule has 2 rings (SSSR count). The van der Waals surface area contributed by atoms with Crippen molar-refractivity contribution in [2.75, 3.05) is 30.0 Å². The second kappa shape index (κ2) is 7.92. The van der Waals surface area contributed by atoms with Gasteiger partial charge in [-0.25, -0.2) is 0 Å². The van der Waals surface area contributed by atoms with Crippen LogP contribution in [0.25, 0.3) is 0 Å². The molecule has 8 heteroatoms. The monoisotopic (exact) mass is 342 g/mol. The van der Waals surface area contributed by atoms with E-state index in [9.17, 15) is 9.59 Å². The molecule has 1 aliphatic rings. The van der Waals surface area contributed by atoms with Crippen LogP contribution in [-0.2, 0) is 9.59 Å². The van der Waals surface area contributed by atoms with E-state index in [1.165, 1.54) is 11.3 Å². The van der Waals surface area contributed by atoms with E-state index in [1.54, 1.807) is 16.7 Å². The lowest BCUT2D eigenvalue weighted by Crippen LogP contribution is -2.33. The van der Waals surface area contributed by atoms with Crippen molar-refractivity contribution >= 4 is 40.0 Å². The molecule has 1 aromatic heterocycles. The second-order valence-corrected chi connectivity index (χ2v) is 7.59. The molecule has 22 heavy (non-hydrogen) atoms. The molecule has 1 N–H and O–H groups in total. The van der Waals surface area contributed by atoms with E-state index in [-0.39, 0.29) is 24.2 Å². The van der Waals surface area contributed by atoms with Gasteiger partial charge in [0.15, 0.2) is 0 Å². The number of amides is 2. The first-order chi connectivity index (χ1) is 10.5. The van der Waals surface area contributed by atoms with Crippen LogP contribution in [0.5, 0.6) is 0 Å². The third-order valence-electron chi connectivity index (χ3n) is 3.48. The highest BCUT2D eigenvalue weighted by molar-refractivity contribution is 7.98. The Morgan fingerprint density at radius 2 is 2.27 bits per heavy atom. The van der Waals surface area contributed by atoms with Crippen LogP contribution in [0, 0.1) is 5.92 Å². The minimum Gasteiger partial charge on any atom is -0.356 e. The number of rotatable bonds is 7. The molecule has 0 bridgehead atoms. The lowest BCUT2D eigenvalue weighted by Gasteiger charge is -2.12. The third kappa shape index (κ3) is 4.19. The zero-order valence-corrected chi connectivity index (χ0v) is 14.8. The fourth-order valence-corrected chi connectivity index (χ4v) is 3.51. The molecule has 0 aromatic carbocycles. The van der Waals surface area contributed by atoms with Gasteiger partial charge in [-0.3, -0.25) is 14.5 Å². The van der Waals surface area contributed by atoms with Crippen LogP contribution in [0.2, 0.25) is 0 Å². The number of nitrogens with one attached hydrogen (secondary N) is 1. The lowest BCUT2D eigenvalue weighted by atomic mass is 10.1. The van der Waals surface area contributed by atoms with Gasteiger partial charge in [-0.1, -0.05) is 25.2 Å². The summed E-state index contributed by atoms with van der Waals surface area (Å²) in [6.07, 6.45) is 3.25. The Kier molecular flexibility index (Phi) is 6.19. The number of carbonyl (C=O) groups excluding carboxylic acids is 2. The van der Waals surface area contributed by atoms with Gasteiger partial charge in [-0.2, -0.15) is 11.8 Å². The molecule has 122 valence electrons. The molecule has 1 aliphatic heterocycles. The average Bonchev–Trinajstić information content (AvgIpc) is 3.09. The first-order valence-electron chi connectivity index (χ1n) is 7.43. The molecule has 1 unspecified atom stereocenters. The van der Waals surface area contributed by atoms with Gasteiger partial charge in [0.25, 0.3) is 0 Å². The van der Waals surface area contributed by atoms with Crippen molar-refractivity contribution in [3.05, 3.63) is 5.01 Å². The highest BCUT2D eigenvalue weighted by Crippen LogP contribution is 2.30. The van der Waals surface area contributed by atoms with Crippen molar-refractivity contribution in [3.8, 4) is 0 Å². The van der Waals surface area contributed by atoms with E-state index in [0.717, 1.165) is 17.2 Å². The van der Waals surface area contributed by atoms with Crippen LogP contribution in [-0.4, -0.2) is 47.1 Å². The Hall–Kier alpha value is -1.15. The van der Waals surface area contributed by atoms with E-state index >= 15 is 0 Å². The standard InChI is InChI=1S/C14H22N4O2S2/c1-9(2)13-16-17-14(22-13)18-8-10(7-11(18)19)12(20)15-5-4-6-21-3/h9-10H,4-8H2,1-3H3,(H,15,20). The number of aromatic nitrogens is 2. The molecule has 2 amide bonds. The predicted molar refractivity (Wildman–Crippen MR) is 90.5 cm³/mol. The van der Waals surface area contributed by atoms with Crippen LogP contribution in [0.4, 0.5) is 5.13 Å². The number of hydrogen-bond acceptors (Lipinski definition) is 6. The molecule has 0 aliphatic carbocycles. The SMILES string of the molecule is CSCCCNC(=O)C1CC(=O)N(c2nnc(C(C)C)s2)C1. The molecule has 1 aromatic rings. The van der Waals surface area contributed by atoms with Gasteiger partial charge in [0.1, 0.15) is 5.01 Å². The first kappa shape index (κ1) is 17.2. The Bertz CT molecular complexity index is 533. The zero-order valence-electron chi connectivity index (χ0n) is 13.2. The summed E-state index contributed by atoms with van der Waals surface area (Å²) in [6.45, 7) is 5.16. The maximum absolute atomic E-state index is 12.1. The molecular formula is C14H22N4O2S2. The van der Waals surface area contributed by atoms with Crippen LogP contribution >= 0.6 is 23.1 Å². The molecule has 0 spiro atoms. The van der Waals surface area contributed by atoms with E-state index in [0.29, 0.717) is 24.1 Å². The Balaban J connectivity index is 1.91. The van der Waals surface area contributed by atoms with Gasteiger partial charge >= 0.3 is 0 Å². The predicted octanol–water partition coefficient (Wildman–Crippen LogP) is 1.88. The Labute approximate surface area is 139 Å². The summed E-state index contributed by atoms with van der Waals surface area (Å²) >= 11 is 3.19. The van der Waals surface area contributed by atoms with E-state index in [1.807, 2.05) is 20.1 Å². The largest absolute Gasteiger partial charge is 0.356 e. The summed E-state index contributed by atoms with van der Waals surface area (Å²) in [5.41, 5.74) is 0.